The second-order valence-corrected chi connectivity index (χ2v) is 8.19. The molecule has 0 saturated carbocycles. The van der Waals surface area contributed by atoms with Gasteiger partial charge in [0.05, 0.1) is 18.8 Å². The molecule has 4 nitrogen and oxygen atoms in total. The Hall–Kier alpha value is -2.24. The number of aryl methyl sites for hydroxylation is 1. The van der Waals surface area contributed by atoms with Crippen molar-refractivity contribution >= 4 is 5.97 Å². The Morgan fingerprint density at radius 2 is 1.71 bits per heavy atom. The van der Waals surface area contributed by atoms with Crippen LogP contribution in [0.25, 0.3) is 0 Å². The zero-order valence-electron chi connectivity index (χ0n) is 18.6. The highest BCUT2D eigenvalue weighted by atomic mass is 19.1. The monoisotopic (exact) mass is 428 g/mol. The first kappa shape index (κ1) is 23.4. The fraction of sp³-hybridized carbons (Fsp3) is 0.500. The minimum atomic E-state index is -0.733. The number of esters is 1. The number of halogens is 1. The Balaban J connectivity index is 1.50. The molecule has 0 aromatic heterocycles. The summed E-state index contributed by atoms with van der Waals surface area (Å²) in [7, 11) is 0. The van der Waals surface area contributed by atoms with E-state index in [-0.39, 0.29) is 5.56 Å². The number of carbonyl (C=O) groups is 1. The van der Waals surface area contributed by atoms with E-state index in [2.05, 4.69) is 13.8 Å². The van der Waals surface area contributed by atoms with Gasteiger partial charge >= 0.3 is 5.97 Å². The average Bonchev–Trinajstić information content (AvgIpc) is 2.80. The van der Waals surface area contributed by atoms with Crippen LogP contribution in [0.2, 0.25) is 0 Å². The molecule has 1 saturated heterocycles. The van der Waals surface area contributed by atoms with Crippen molar-refractivity contribution in [2.24, 2.45) is 5.92 Å². The van der Waals surface area contributed by atoms with E-state index in [1.807, 2.05) is 12.1 Å². The quantitative estimate of drug-likeness (QED) is 0.242. The van der Waals surface area contributed by atoms with Crippen molar-refractivity contribution in [2.45, 2.75) is 65.1 Å². The molecular weight excluding hydrogens is 395 g/mol. The number of rotatable bonds is 10. The smallest absolute Gasteiger partial charge is 0.343 e. The molecule has 0 unspecified atom stereocenters. The SMILES string of the molecule is CCCCCCCC1COC(c2ccc(C(=O)Oc3ccc(CC)cc3)cc2F)OC1. The molecule has 5 heteroatoms. The number of unbranched alkanes of at least 4 members (excludes halogenated alkanes) is 4. The van der Waals surface area contributed by atoms with Crippen LogP contribution in [0, 0.1) is 11.7 Å². The van der Waals surface area contributed by atoms with Crippen LogP contribution in [0.5, 0.6) is 5.75 Å². The minimum absolute atomic E-state index is 0.154. The first-order chi connectivity index (χ1) is 15.1. The summed E-state index contributed by atoms with van der Waals surface area (Å²) in [6, 6.07) is 11.6. The molecule has 3 rings (SSSR count). The van der Waals surface area contributed by atoms with E-state index in [0.29, 0.717) is 30.4 Å². The molecule has 0 bridgehead atoms. The molecule has 31 heavy (non-hydrogen) atoms. The molecule has 2 aromatic carbocycles. The van der Waals surface area contributed by atoms with E-state index in [0.717, 1.165) is 18.4 Å². The van der Waals surface area contributed by atoms with Crippen LogP contribution in [0.15, 0.2) is 42.5 Å². The first-order valence-corrected chi connectivity index (χ1v) is 11.4. The fourth-order valence-corrected chi connectivity index (χ4v) is 3.73. The van der Waals surface area contributed by atoms with Crippen LogP contribution >= 0.6 is 0 Å². The number of ether oxygens (including phenoxy) is 3. The van der Waals surface area contributed by atoms with Crippen molar-refractivity contribution in [1.29, 1.82) is 0 Å². The Labute approximate surface area is 184 Å². The van der Waals surface area contributed by atoms with Gasteiger partial charge < -0.3 is 14.2 Å². The molecule has 168 valence electrons. The second-order valence-electron chi connectivity index (χ2n) is 8.19. The van der Waals surface area contributed by atoms with Gasteiger partial charge in [0.1, 0.15) is 11.6 Å². The Bertz CT molecular complexity index is 826. The molecule has 0 amide bonds. The fourth-order valence-electron chi connectivity index (χ4n) is 3.73. The van der Waals surface area contributed by atoms with Crippen LogP contribution in [-0.2, 0) is 15.9 Å². The third kappa shape index (κ3) is 6.88. The van der Waals surface area contributed by atoms with Gasteiger partial charge in [0, 0.05) is 11.5 Å². The second kappa shape index (κ2) is 12.0. The number of benzene rings is 2. The van der Waals surface area contributed by atoms with Crippen molar-refractivity contribution in [2.75, 3.05) is 13.2 Å². The summed E-state index contributed by atoms with van der Waals surface area (Å²) in [5.41, 5.74) is 1.62. The predicted octanol–water partition coefficient (Wildman–Crippen LogP) is 6.63. The standard InChI is InChI=1S/C26H33FO4/c1-3-5-6-7-8-9-20-17-29-26(30-18-20)23-15-12-21(16-24(23)27)25(28)31-22-13-10-19(4-2)11-14-22/h10-16,20,26H,3-9,17-18H2,1-2H3. The number of hydrogen-bond donors (Lipinski definition) is 0. The van der Waals surface area contributed by atoms with Gasteiger partial charge in [-0.15, -0.1) is 0 Å². The van der Waals surface area contributed by atoms with Crippen molar-refractivity contribution in [3.63, 3.8) is 0 Å². The summed E-state index contributed by atoms with van der Waals surface area (Å²) in [6.45, 7) is 5.40. The summed E-state index contributed by atoms with van der Waals surface area (Å²) in [4.78, 5) is 12.4. The van der Waals surface area contributed by atoms with Gasteiger partial charge in [-0.1, -0.05) is 64.2 Å². The third-order valence-corrected chi connectivity index (χ3v) is 5.71. The zero-order chi connectivity index (χ0) is 22.1. The van der Waals surface area contributed by atoms with Crippen molar-refractivity contribution in [3.05, 3.63) is 65.0 Å². The van der Waals surface area contributed by atoms with Gasteiger partial charge in [-0.3, -0.25) is 0 Å². The van der Waals surface area contributed by atoms with Gasteiger partial charge in [0.2, 0.25) is 0 Å². The number of hydrogen-bond acceptors (Lipinski definition) is 4. The van der Waals surface area contributed by atoms with Gasteiger partial charge in [0.15, 0.2) is 6.29 Å². The van der Waals surface area contributed by atoms with Crippen LogP contribution in [-0.4, -0.2) is 19.2 Å². The van der Waals surface area contributed by atoms with Crippen molar-refractivity contribution in [1.82, 2.24) is 0 Å². The molecule has 0 aliphatic carbocycles. The van der Waals surface area contributed by atoms with Crippen molar-refractivity contribution < 1.29 is 23.4 Å². The lowest BCUT2D eigenvalue weighted by Crippen LogP contribution is -2.27. The molecule has 1 aliphatic heterocycles. The summed E-state index contributed by atoms with van der Waals surface area (Å²) in [6.07, 6.45) is 7.46. The van der Waals surface area contributed by atoms with E-state index < -0.39 is 18.1 Å². The summed E-state index contributed by atoms with van der Waals surface area (Å²) in [5, 5.41) is 0. The summed E-state index contributed by atoms with van der Waals surface area (Å²) in [5.74, 6) is -0.331. The van der Waals surface area contributed by atoms with Gasteiger partial charge in [-0.05, 0) is 42.7 Å². The van der Waals surface area contributed by atoms with Crippen LogP contribution in [0.1, 0.15) is 80.1 Å². The topological polar surface area (TPSA) is 44.8 Å². The number of carbonyl (C=O) groups excluding carboxylic acids is 1. The first-order valence-electron chi connectivity index (χ1n) is 11.4. The predicted molar refractivity (Wildman–Crippen MR) is 119 cm³/mol. The average molecular weight is 429 g/mol. The van der Waals surface area contributed by atoms with Crippen LogP contribution < -0.4 is 4.74 Å². The van der Waals surface area contributed by atoms with Gasteiger partial charge in [-0.25, -0.2) is 9.18 Å². The molecular formula is C26H33FO4. The molecule has 0 radical (unpaired) electrons. The van der Waals surface area contributed by atoms with E-state index >= 15 is 0 Å². The molecule has 0 spiro atoms. The highest BCUT2D eigenvalue weighted by Gasteiger charge is 2.26. The molecule has 0 N–H and O–H groups in total. The van der Waals surface area contributed by atoms with Gasteiger partial charge in [0.25, 0.3) is 0 Å². The lowest BCUT2D eigenvalue weighted by Gasteiger charge is -2.30. The lowest BCUT2D eigenvalue weighted by atomic mass is 10.0. The molecule has 0 atom stereocenters. The maximum Gasteiger partial charge on any atom is 0.343 e. The summed E-state index contributed by atoms with van der Waals surface area (Å²) >= 11 is 0. The largest absolute Gasteiger partial charge is 0.423 e. The Morgan fingerprint density at radius 1 is 1.00 bits per heavy atom. The maximum absolute atomic E-state index is 14.7. The Morgan fingerprint density at radius 3 is 2.35 bits per heavy atom. The van der Waals surface area contributed by atoms with E-state index in [9.17, 15) is 9.18 Å². The van der Waals surface area contributed by atoms with Crippen molar-refractivity contribution in [3.8, 4) is 5.75 Å². The molecule has 2 aromatic rings. The lowest BCUT2D eigenvalue weighted by molar-refractivity contribution is -0.207. The van der Waals surface area contributed by atoms with E-state index in [4.69, 9.17) is 14.2 Å². The van der Waals surface area contributed by atoms with E-state index in [1.54, 1.807) is 24.3 Å². The van der Waals surface area contributed by atoms with Crippen LogP contribution in [0.3, 0.4) is 0 Å². The molecule has 1 fully saturated rings. The molecule has 1 heterocycles. The highest BCUT2D eigenvalue weighted by Crippen LogP contribution is 2.29. The van der Waals surface area contributed by atoms with E-state index in [1.165, 1.54) is 38.2 Å². The summed E-state index contributed by atoms with van der Waals surface area (Å²) < 4.78 is 31.6. The zero-order valence-corrected chi connectivity index (χ0v) is 18.6. The minimum Gasteiger partial charge on any atom is -0.423 e. The highest BCUT2D eigenvalue weighted by molar-refractivity contribution is 5.91. The normalized spacial score (nSPS) is 18.7. The molecule has 1 aliphatic rings. The van der Waals surface area contributed by atoms with Crippen LogP contribution in [0.4, 0.5) is 4.39 Å². The Kier molecular flexibility index (Phi) is 9.04. The maximum atomic E-state index is 14.7. The van der Waals surface area contributed by atoms with Gasteiger partial charge in [-0.2, -0.15) is 0 Å². The third-order valence-electron chi connectivity index (χ3n) is 5.71.